The predicted molar refractivity (Wildman–Crippen MR) is 112 cm³/mol. The van der Waals surface area contributed by atoms with Crippen LogP contribution in [0.4, 0.5) is 17.3 Å². The molecule has 3 aromatic rings. The quantitative estimate of drug-likeness (QED) is 0.697. The number of rotatable bonds is 3. The number of anilines is 3. The van der Waals surface area contributed by atoms with Crippen LogP contribution in [0.3, 0.4) is 0 Å². The lowest BCUT2D eigenvalue weighted by atomic mass is 10.1. The highest BCUT2D eigenvalue weighted by molar-refractivity contribution is 5.92. The van der Waals surface area contributed by atoms with Gasteiger partial charge in [-0.2, -0.15) is 0 Å². The summed E-state index contributed by atoms with van der Waals surface area (Å²) in [6, 6.07) is 6.58. The molecule has 2 aliphatic heterocycles. The zero-order valence-electron chi connectivity index (χ0n) is 16.3. The lowest BCUT2D eigenvalue weighted by molar-refractivity contribution is 0.645. The van der Waals surface area contributed by atoms with E-state index in [9.17, 15) is 0 Å². The molecule has 2 saturated heterocycles. The number of piperazine rings is 1. The lowest BCUT2D eigenvalue weighted by Crippen LogP contribution is -2.46. The molecule has 28 heavy (non-hydrogen) atoms. The van der Waals surface area contributed by atoms with Gasteiger partial charge in [0.25, 0.3) is 0 Å². The van der Waals surface area contributed by atoms with Crippen LogP contribution < -0.4 is 14.7 Å². The summed E-state index contributed by atoms with van der Waals surface area (Å²) in [6.07, 6.45) is 7.84. The topological polar surface area (TPSA) is 61.3 Å². The monoisotopic (exact) mass is 375 g/mol. The van der Waals surface area contributed by atoms with Crippen LogP contribution in [0.2, 0.25) is 0 Å². The minimum absolute atomic E-state index is 0.945. The van der Waals surface area contributed by atoms with Crippen molar-refractivity contribution in [3.05, 3.63) is 42.6 Å². The Kier molecular flexibility index (Phi) is 4.43. The minimum atomic E-state index is 0.945. The first-order chi connectivity index (χ1) is 13.8. The molecule has 0 N–H and O–H groups in total. The van der Waals surface area contributed by atoms with Crippen LogP contribution in [0.5, 0.6) is 0 Å². The highest BCUT2D eigenvalue weighted by atomic mass is 15.3. The van der Waals surface area contributed by atoms with Crippen LogP contribution in [0.15, 0.2) is 36.9 Å². The van der Waals surface area contributed by atoms with E-state index in [-0.39, 0.29) is 0 Å². The highest BCUT2D eigenvalue weighted by Crippen LogP contribution is 2.30. The Morgan fingerprint density at radius 3 is 2.39 bits per heavy atom. The smallest absolute Gasteiger partial charge is 0.147 e. The fourth-order valence-electron chi connectivity index (χ4n) is 4.20. The first-order valence-corrected chi connectivity index (χ1v) is 10.1. The van der Waals surface area contributed by atoms with Crippen LogP contribution in [0.25, 0.3) is 10.9 Å². The van der Waals surface area contributed by atoms with E-state index in [0.717, 1.165) is 67.5 Å². The summed E-state index contributed by atoms with van der Waals surface area (Å²) in [4.78, 5) is 25.1. The van der Waals surface area contributed by atoms with E-state index in [1.807, 2.05) is 13.1 Å². The molecule has 2 aliphatic rings. The second-order valence-electron chi connectivity index (χ2n) is 7.59. The second-order valence-corrected chi connectivity index (χ2v) is 7.59. The molecule has 5 rings (SSSR count). The Morgan fingerprint density at radius 1 is 0.821 bits per heavy atom. The number of benzene rings is 1. The van der Waals surface area contributed by atoms with Crippen molar-refractivity contribution in [2.24, 2.45) is 0 Å². The van der Waals surface area contributed by atoms with Crippen molar-refractivity contribution in [3.8, 4) is 0 Å². The Balaban J connectivity index is 1.37. The molecule has 0 radical (unpaired) electrons. The van der Waals surface area contributed by atoms with Gasteiger partial charge in [0.05, 0.1) is 17.4 Å². The third-order valence-corrected chi connectivity index (χ3v) is 5.71. The van der Waals surface area contributed by atoms with E-state index in [1.165, 1.54) is 18.5 Å². The summed E-state index contributed by atoms with van der Waals surface area (Å²) in [5.74, 6) is 2.06. The lowest BCUT2D eigenvalue weighted by Gasteiger charge is -2.36. The van der Waals surface area contributed by atoms with Crippen molar-refractivity contribution in [2.45, 2.75) is 19.8 Å². The van der Waals surface area contributed by atoms with Gasteiger partial charge >= 0.3 is 0 Å². The van der Waals surface area contributed by atoms with Gasteiger partial charge < -0.3 is 14.7 Å². The van der Waals surface area contributed by atoms with Crippen molar-refractivity contribution in [1.29, 1.82) is 0 Å². The van der Waals surface area contributed by atoms with Crippen LogP contribution in [-0.4, -0.2) is 59.2 Å². The van der Waals surface area contributed by atoms with Gasteiger partial charge in [-0.1, -0.05) is 0 Å². The predicted octanol–water partition coefficient (Wildman–Crippen LogP) is 2.66. The molecule has 7 nitrogen and oxygen atoms in total. The molecule has 0 atom stereocenters. The third kappa shape index (κ3) is 3.21. The summed E-state index contributed by atoms with van der Waals surface area (Å²) in [7, 11) is 0. The van der Waals surface area contributed by atoms with Gasteiger partial charge in [0.2, 0.25) is 0 Å². The summed E-state index contributed by atoms with van der Waals surface area (Å²) in [5, 5.41) is 1.16. The zero-order valence-corrected chi connectivity index (χ0v) is 16.3. The maximum absolute atomic E-state index is 4.61. The summed E-state index contributed by atoms with van der Waals surface area (Å²) in [6.45, 7) is 7.99. The van der Waals surface area contributed by atoms with Crippen LogP contribution in [0, 0.1) is 6.92 Å². The van der Waals surface area contributed by atoms with Crippen molar-refractivity contribution < 1.29 is 0 Å². The SMILES string of the molecule is Cc1cncc(N2CCN(c3ccc4ncnc(N5CCCC5)c4c3)CC2)n1. The maximum atomic E-state index is 4.61. The van der Waals surface area contributed by atoms with E-state index < -0.39 is 0 Å². The molecule has 0 unspecified atom stereocenters. The van der Waals surface area contributed by atoms with Crippen molar-refractivity contribution in [3.63, 3.8) is 0 Å². The van der Waals surface area contributed by atoms with Gasteiger partial charge in [0.15, 0.2) is 0 Å². The van der Waals surface area contributed by atoms with Crippen molar-refractivity contribution >= 4 is 28.2 Å². The first-order valence-electron chi connectivity index (χ1n) is 10.1. The maximum Gasteiger partial charge on any atom is 0.147 e. The molecular formula is C21H25N7. The standard InChI is InChI=1S/C21H25N7/c1-16-13-22-14-20(25-16)27-10-8-26(9-11-27)17-4-5-19-18(12-17)21(24-15-23-19)28-6-2-3-7-28/h4-5,12-15H,2-3,6-11H2,1H3. The number of hydrogen-bond donors (Lipinski definition) is 0. The second kappa shape index (κ2) is 7.22. The zero-order chi connectivity index (χ0) is 18.9. The van der Waals surface area contributed by atoms with Crippen molar-refractivity contribution in [2.75, 3.05) is 54.0 Å². The summed E-state index contributed by atoms with van der Waals surface area (Å²) >= 11 is 0. The van der Waals surface area contributed by atoms with Crippen LogP contribution in [-0.2, 0) is 0 Å². The number of nitrogens with zero attached hydrogens (tertiary/aromatic N) is 7. The highest BCUT2D eigenvalue weighted by Gasteiger charge is 2.21. The molecule has 0 saturated carbocycles. The number of hydrogen-bond acceptors (Lipinski definition) is 7. The van der Waals surface area contributed by atoms with Crippen LogP contribution >= 0.6 is 0 Å². The van der Waals surface area contributed by atoms with Gasteiger partial charge in [-0.05, 0) is 38.0 Å². The summed E-state index contributed by atoms with van der Waals surface area (Å²) in [5.41, 5.74) is 3.23. The fraction of sp³-hybridized carbons (Fsp3) is 0.429. The van der Waals surface area contributed by atoms with Gasteiger partial charge in [-0.3, -0.25) is 4.98 Å². The largest absolute Gasteiger partial charge is 0.368 e. The molecule has 0 bridgehead atoms. The Labute approximate surface area is 165 Å². The van der Waals surface area contributed by atoms with E-state index in [2.05, 4.69) is 52.8 Å². The Bertz CT molecular complexity index is 975. The molecule has 2 fully saturated rings. The van der Waals surface area contributed by atoms with Crippen LogP contribution in [0.1, 0.15) is 18.5 Å². The molecule has 0 amide bonds. The molecule has 144 valence electrons. The van der Waals surface area contributed by atoms with E-state index in [1.54, 1.807) is 12.5 Å². The van der Waals surface area contributed by atoms with E-state index >= 15 is 0 Å². The number of fused-ring (bicyclic) bond motifs is 1. The van der Waals surface area contributed by atoms with Gasteiger partial charge in [0.1, 0.15) is 18.0 Å². The normalized spacial score (nSPS) is 17.5. The third-order valence-electron chi connectivity index (χ3n) is 5.71. The molecule has 4 heterocycles. The minimum Gasteiger partial charge on any atom is -0.368 e. The van der Waals surface area contributed by atoms with Gasteiger partial charge in [-0.15, -0.1) is 0 Å². The fourth-order valence-corrected chi connectivity index (χ4v) is 4.20. The van der Waals surface area contributed by atoms with Gasteiger partial charge in [-0.25, -0.2) is 15.0 Å². The summed E-state index contributed by atoms with van der Waals surface area (Å²) < 4.78 is 0. The van der Waals surface area contributed by atoms with E-state index in [0.29, 0.717) is 0 Å². The number of aromatic nitrogens is 4. The average Bonchev–Trinajstić information content (AvgIpc) is 3.28. The average molecular weight is 375 g/mol. The van der Waals surface area contributed by atoms with Gasteiger partial charge in [0, 0.05) is 56.5 Å². The molecule has 1 aromatic carbocycles. The molecule has 2 aromatic heterocycles. The number of aryl methyl sites for hydroxylation is 1. The van der Waals surface area contributed by atoms with Crippen molar-refractivity contribution in [1.82, 2.24) is 19.9 Å². The Hall–Kier alpha value is -2.96. The molecular weight excluding hydrogens is 350 g/mol. The first kappa shape index (κ1) is 17.2. The molecule has 7 heteroatoms. The Morgan fingerprint density at radius 2 is 1.61 bits per heavy atom. The molecule has 0 spiro atoms. The van der Waals surface area contributed by atoms with E-state index in [4.69, 9.17) is 0 Å². The molecule has 0 aliphatic carbocycles.